The van der Waals surface area contributed by atoms with Gasteiger partial charge in [0.2, 0.25) is 0 Å². The summed E-state index contributed by atoms with van der Waals surface area (Å²) in [6.45, 7) is 0. The second-order valence-electron chi connectivity index (χ2n) is 3.55. The van der Waals surface area contributed by atoms with E-state index < -0.39 is 5.97 Å². The minimum atomic E-state index is -0.942. The van der Waals surface area contributed by atoms with E-state index >= 15 is 0 Å². The fraction of sp³-hybridized carbons (Fsp3) is 0.0769. The third-order valence-corrected chi connectivity index (χ3v) is 2.29. The van der Waals surface area contributed by atoms with Gasteiger partial charge in [-0.3, -0.25) is 4.98 Å². The summed E-state index contributed by atoms with van der Waals surface area (Å²) in [5.41, 5.74) is 2.28. The molecule has 80 valence electrons. The third-order valence-electron chi connectivity index (χ3n) is 2.29. The third kappa shape index (κ3) is 2.45. The van der Waals surface area contributed by atoms with Crippen LogP contribution < -0.4 is 0 Å². The molecule has 0 fully saturated rings. The number of benzene rings is 1. The first-order valence-electron chi connectivity index (χ1n) is 4.97. The first-order chi connectivity index (χ1) is 7.75. The van der Waals surface area contributed by atoms with Crippen LogP contribution in [0.1, 0.15) is 21.5 Å². The van der Waals surface area contributed by atoms with Crippen LogP contribution in [0.5, 0.6) is 0 Å². The molecule has 2 rings (SSSR count). The summed E-state index contributed by atoms with van der Waals surface area (Å²) < 4.78 is 0. The number of hydrogen-bond acceptors (Lipinski definition) is 2. The largest absolute Gasteiger partial charge is 0.478 e. The summed E-state index contributed by atoms with van der Waals surface area (Å²) >= 11 is 0. The number of carboxylic acid groups (broad SMARTS) is 1. The van der Waals surface area contributed by atoms with Crippen LogP contribution in [0.15, 0.2) is 48.8 Å². The Morgan fingerprint density at radius 3 is 2.56 bits per heavy atom. The molecule has 2 aromatic rings. The monoisotopic (exact) mass is 213 g/mol. The van der Waals surface area contributed by atoms with Crippen molar-refractivity contribution in [2.24, 2.45) is 0 Å². The summed E-state index contributed by atoms with van der Waals surface area (Å²) in [5.74, 6) is -0.942. The van der Waals surface area contributed by atoms with E-state index in [1.807, 2.05) is 30.3 Å². The smallest absolute Gasteiger partial charge is 0.337 e. The van der Waals surface area contributed by atoms with Crippen molar-refractivity contribution >= 4 is 5.97 Å². The second-order valence-corrected chi connectivity index (χ2v) is 3.55. The Labute approximate surface area is 93.4 Å². The zero-order valence-corrected chi connectivity index (χ0v) is 8.63. The highest BCUT2D eigenvalue weighted by molar-refractivity contribution is 5.87. The molecule has 0 radical (unpaired) electrons. The van der Waals surface area contributed by atoms with Crippen molar-refractivity contribution in [1.29, 1.82) is 0 Å². The van der Waals surface area contributed by atoms with Gasteiger partial charge in [0.25, 0.3) is 0 Å². The molecule has 0 saturated carbocycles. The molecule has 1 aromatic heterocycles. The SMILES string of the molecule is O=C(O)c1cncc(Cc2ccccc2)c1. The number of carbonyl (C=O) groups is 1. The van der Waals surface area contributed by atoms with Gasteiger partial charge in [-0.05, 0) is 23.6 Å². The fourth-order valence-electron chi connectivity index (χ4n) is 1.53. The predicted molar refractivity (Wildman–Crippen MR) is 60.4 cm³/mol. The van der Waals surface area contributed by atoms with E-state index in [0.29, 0.717) is 6.42 Å². The Morgan fingerprint density at radius 1 is 1.12 bits per heavy atom. The molecule has 0 spiro atoms. The summed E-state index contributed by atoms with van der Waals surface area (Å²) in [4.78, 5) is 14.7. The molecule has 0 bridgehead atoms. The average Bonchev–Trinajstić information content (AvgIpc) is 2.30. The molecule has 0 aliphatic heterocycles. The first kappa shape index (κ1) is 10.4. The molecule has 0 amide bonds. The lowest BCUT2D eigenvalue weighted by Crippen LogP contribution is -1.99. The minimum Gasteiger partial charge on any atom is -0.478 e. The summed E-state index contributed by atoms with van der Waals surface area (Å²) in [6, 6.07) is 11.5. The molecule has 0 aliphatic carbocycles. The van der Waals surface area contributed by atoms with Crippen LogP contribution >= 0.6 is 0 Å². The highest BCUT2D eigenvalue weighted by Crippen LogP contribution is 2.09. The van der Waals surface area contributed by atoms with Crippen molar-refractivity contribution in [3.63, 3.8) is 0 Å². The maximum Gasteiger partial charge on any atom is 0.337 e. The van der Waals surface area contributed by atoms with Crippen LogP contribution in [0, 0.1) is 0 Å². The number of pyridine rings is 1. The second kappa shape index (κ2) is 4.57. The van der Waals surface area contributed by atoms with E-state index in [9.17, 15) is 4.79 Å². The van der Waals surface area contributed by atoms with Gasteiger partial charge >= 0.3 is 5.97 Å². The van der Waals surface area contributed by atoms with Crippen molar-refractivity contribution in [1.82, 2.24) is 4.98 Å². The molecule has 0 unspecified atom stereocenters. The summed E-state index contributed by atoms with van der Waals surface area (Å²) in [6.07, 6.45) is 3.76. The van der Waals surface area contributed by atoms with Crippen molar-refractivity contribution in [3.8, 4) is 0 Å². The molecular formula is C13H11NO2. The van der Waals surface area contributed by atoms with Gasteiger partial charge in [0.1, 0.15) is 0 Å². The molecule has 1 heterocycles. The molecule has 0 saturated heterocycles. The fourth-order valence-corrected chi connectivity index (χ4v) is 1.53. The van der Waals surface area contributed by atoms with Crippen molar-refractivity contribution in [2.45, 2.75) is 6.42 Å². The molecule has 1 N–H and O–H groups in total. The van der Waals surface area contributed by atoms with Gasteiger partial charge < -0.3 is 5.11 Å². The van der Waals surface area contributed by atoms with Crippen molar-refractivity contribution in [3.05, 3.63) is 65.5 Å². The van der Waals surface area contributed by atoms with Gasteiger partial charge in [0.15, 0.2) is 0 Å². The van der Waals surface area contributed by atoms with E-state index in [2.05, 4.69) is 4.98 Å². The van der Waals surface area contributed by atoms with E-state index in [4.69, 9.17) is 5.11 Å². The first-order valence-corrected chi connectivity index (χ1v) is 4.97. The molecule has 3 heteroatoms. The van der Waals surface area contributed by atoms with Gasteiger partial charge in [-0.1, -0.05) is 30.3 Å². The number of rotatable bonds is 3. The maximum absolute atomic E-state index is 10.8. The summed E-state index contributed by atoms with van der Waals surface area (Å²) in [7, 11) is 0. The Kier molecular flexibility index (Phi) is 2.96. The van der Waals surface area contributed by atoms with E-state index in [0.717, 1.165) is 11.1 Å². The maximum atomic E-state index is 10.8. The van der Waals surface area contributed by atoms with Gasteiger partial charge in [0, 0.05) is 12.4 Å². The Bertz CT molecular complexity index is 494. The lowest BCUT2D eigenvalue weighted by molar-refractivity contribution is 0.0696. The van der Waals surface area contributed by atoms with E-state index in [1.54, 1.807) is 12.3 Å². The number of hydrogen-bond donors (Lipinski definition) is 1. The van der Waals surface area contributed by atoms with Crippen LogP contribution in [-0.4, -0.2) is 16.1 Å². The van der Waals surface area contributed by atoms with Gasteiger partial charge in [-0.25, -0.2) is 4.79 Å². The Balaban J connectivity index is 2.22. The van der Waals surface area contributed by atoms with E-state index in [-0.39, 0.29) is 5.56 Å². The molecule has 1 aromatic carbocycles. The molecule has 0 atom stereocenters. The highest BCUT2D eigenvalue weighted by Gasteiger charge is 2.04. The van der Waals surface area contributed by atoms with Gasteiger partial charge in [0.05, 0.1) is 5.56 Å². The molecule has 0 aliphatic rings. The standard InChI is InChI=1S/C13H11NO2/c15-13(16)12-7-11(8-14-9-12)6-10-4-2-1-3-5-10/h1-5,7-9H,6H2,(H,15,16). The van der Waals surface area contributed by atoms with Crippen molar-refractivity contribution in [2.75, 3.05) is 0 Å². The average molecular weight is 213 g/mol. The summed E-state index contributed by atoms with van der Waals surface area (Å²) in [5, 5.41) is 8.84. The van der Waals surface area contributed by atoms with Crippen LogP contribution in [0.4, 0.5) is 0 Å². The predicted octanol–water partition coefficient (Wildman–Crippen LogP) is 2.37. The van der Waals surface area contributed by atoms with Crippen molar-refractivity contribution < 1.29 is 9.90 Å². The normalized spacial score (nSPS) is 10.0. The van der Waals surface area contributed by atoms with Crippen LogP contribution in [-0.2, 0) is 6.42 Å². The number of aromatic nitrogens is 1. The number of nitrogens with zero attached hydrogens (tertiary/aromatic N) is 1. The lowest BCUT2D eigenvalue weighted by atomic mass is 10.1. The van der Waals surface area contributed by atoms with E-state index in [1.165, 1.54) is 6.20 Å². The topological polar surface area (TPSA) is 50.2 Å². The Morgan fingerprint density at radius 2 is 1.88 bits per heavy atom. The zero-order valence-electron chi connectivity index (χ0n) is 8.63. The minimum absolute atomic E-state index is 0.230. The number of aromatic carboxylic acids is 1. The molecular weight excluding hydrogens is 202 g/mol. The highest BCUT2D eigenvalue weighted by atomic mass is 16.4. The number of carboxylic acids is 1. The lowest BCUT2D eigenvalue weighted by Gasteiger charge is -2.02. The quantitative estimate of drug-likeness (QED) is 0.851. The van der Waals surface area contributed by atoms with Gasteiger partial charge in [-0.15, -0.1) is 0 Å². The molecule has 3 nitrogen and oxygen atoms in total. The van der Waals surface area contributed by atoms with Crippen LogP contribution in [0.2, 0.25) is 0 Å². The zero-order chi connectivity index (χ0) is 11.4. The van der Waals surface area contributed by atoms with Crippen LogP contribution in [0.3, 0.4) is 0 Å². The van der Waals surface area contributed by atoms with Crippen LogP contribution in [0.25, 0.3) is 0 Å². The molecule has 16 heavy (non-hydrogen) atoms. The van der Waals surface area contributed by atoms with Gasteiger partial charge in [-0.2, -0.15) is 0 Å². The Hall–Kier alpha value is -2.16.